The van der Waals surface area contributed by atoms with Crippen LogP contribution in [0.25, 0.3) is 0 Å². The summed E-state index contributed by atoms with van der Waals surface area (Å²) < 4.78 is 11.3. The van der Waals surface area contributed by atoms with Crippen LogP contribution >= 0.6 is 0 Å². The van der Waals surface area contributed by atoms with E-state index in [0.29, 0.717) is 0 Å². The van der Waals surface area contributed by atoms with Gasteiger partial charge in [-0.15, -0.1) is 0 Å². The number of hydrogen-bond donors (Lipinski definition) is 0. The van der Waals surface area contributed by atoms with Gasteiger partial charge in [0.1, 0.15) is 0 Å². The average molecular weight is 285 g/mol. The minimum Gasteiger partial charge on any atom is -0.381 e. The standard InChI is InChI=1S/C18H37O2/c1-4-6-8-10-11-13-16-20-18(3)14-17-19-15-12-9-7-5-2/h18H,3-17H2,1-2H3. The molecule has 20 heavy (non-hydrogen) atoms. The monoisotopic (exact) mass is 285 g/mol. The maximum Gasteiger partial charge on any atom is 0.0598 e. The van der Waals surface area contributed by atoms with Crippen molar-refractivity contribution in [1.82, 2.24) is 0 Å². The van der Waals surface area contributed by atoms with Crippen molar-refractivity contribution in [2.75, 3.05) is 19.8 Å². The molecule has 2 heteroatoms. The van der Waals surface area contributed by atoms with Gasteiger partial charge in [0.2, 0.25) is 0 Å². The molecule has 0 spiro atoms. The summed E-state index contributed by atoms with van der Waals surface area (Å²) in [7, 11) is 0. The molecule has 2 nitrogen and oxygen atoms in total. The Labute approximate surface area is 127 Å². The molecular formula is C18H37O2. The lowest BCUT2D eigenvalue weighted by atomic mass is 10.1. The van der Waals surface area contributed by atoms with Gasteiger partial charge in [0.25, 0.3) is 0 Å². The highest BCUT2D eigenvalue weighted by Crippen LogP contribution is 2.06. The van der Waals surface area contributed by atoms with Gasteiger partial charge in [-0.25, -0.2) is 0 Å². The van der Waals surface area contributed by atoms with Crippen molar-refractivity contribution in [3.8, 4) is 0 Å². The van der Waals surface area contributed by atoms with Gasteiger partial charge in [-0.1, -0.05) is 65.2 Å². The molecule has 121 valence electrons. The zero-order valence-electron chi connectivity index (χ0n) is 14.0. The minimum atomic E-state index is 0.0984. The smallest absolute Gasteiger partial charge is 0.0598 e. The molecule has 0 aromatic carbocycles. The van der Waals surface area contributed by atoms with Crippen molar-refractivity contribution in [2.45, 2.75) is 90.6 Å². The molecule has 1 radical (unpaired) electrons. The predicted molar refractivity (Wildman–Crippen MR) is 88.1 cm³/mol. The van der Waals surface area contributed by atoms with Gasteiger partial charge in [-0.05, 0) is 26.2 Å². The van der Waals surface area contributed by atoms with Crippen molar-refractivity contribution in [1.29, 1.82) is 0 Å². The van der Waals surface area contributed by atoms with Crippen LogP contribution in [-0.4, -0.2) is 25.9 Å². The summed E-state index contributed by atoms with van der Waals surface area (Å²) in [6.07, 6.45) is 14.0. The molecule has 0 saturated heterocycles. The van der Waals surface area contributed by atoms with E-state index in [1.165, 1.54) is 64.2 Å². The minimum absolute atomic E-state index is 0.0984. The van der Waals surface area contributed by atoms with Gasteiger partial charge < -0.3 is 9.47 Å². The van der Waals surface area contributed by atoms with Crippen LogP contribution in [0.2, 0.25) is 0 Å². The second-order valence-electron chi connectivity index (χ2n) is 5.72. The van der Waals surface area contributed by atoms with Crippen LogP contribution < -0.4 is 0 Å². The lowest BCUT2D eigenvalue weighted by Crippen LogP contribution is -2.13. The van der Waals surface area contributed by atoms with Gasteiger partial charge in [-0.2, -0.15) is 0 Å². The zero-order chi connectivity index (χ0) is 14.9. The van der Waals surface area contributed by atoms with E-state index >= 15 is 0 Å². The highest BCUT2D eigenvalue weighted by atomic mass is 16.5. The summed E-state index contributed by atoms with van der Waals surface area (Å²) in [6, 6.07) is 0. The van der Waals surface area contributed by atoms with Gasteiger partial charge >= 0.3 is 0 Å². The Morgan fingerprint density at radius 2 is 1.25 bits per heavy atom. The summed E-state index contributed by atoms with van der Waals surface area (Å²) in [4.78, 5) is 0. The van der Waals surface area contributed by atoms with E-state index in [1.807, 2.05) is 0 Å². The third kappa shape index (κ3) is 16.0. The molecule has 1 atom stereocenters. The largest absolute Gasteiger partial charge is 0.381 e. The van der Waals surface area contributed by atoms with Crippen LogP contribution in [0.4, 0.5) is 0 Å². The number of unbranched alkanes of at least 4 members (excludes halogenated alkanes) is 8. The first-order chi connectivity index (χ1) is 9.81. The van der Waals surface area contributed by atoms with Crippen LogP contribution in [0, 0.1) is 6.92 Å². The Morgan fingerprint density at radius 1 is 0.700 bits per heavy atom. The predicted octanol–water partition coefficient (Wildman–Crippen LogP) is 5.55. The van der Waals surface area contributed by atoms with E-state index in [4.69, 9.17) is 9.47 Å². The summed E-state index contributed by atoms with van der Waals surface area (Å²) in [6.45, 7) is 11.1. The fourth-order valence-electron chi connectivity index (χ4n) is 2.16. The fraction of sp³-hybridized carbons (Fsp3) is 0.944. The van der Waals surface area contributed by atoms with Crippen LogP contribution in [0.3, 0.4) is 0 Å². The first-order valence-electron chi connectivity index (χ1n) is 8.83. The van der Waals surface area contributed by atoms with E-state index in [0.717, 1.165) is 26.2 Å². The lowest BCUT2D eigenvalue weighted by molar-refractivity contribution is 0.0424. The first kappa shape index (κ1) is 19.9. The molecule has 1 unspecified atom stereocenters. The Bertz CT molecular complexity index is 153. The fourth-order valence-corrected chi connectivity index (χ4v) is 2.16. The molecule has 0 fully saturated rings. The number of ether oxygens (including phenoxy) is 2. The molecule has 0 N–H and O–H groups in total. The van der Waals surface area contributed by atoms with Crippen LogP contribution in [0.15, 0.2) is 0 Å². The topological polar surface area (TPSA) is 18.5 Å². The Morgan fingerprint density at radius 3 is 1.95 bits per heavy atom. The van der Waals surface area contributed by atoms with Gasteiger partial charge in [0.15, 0.2) is 0 Å². The lowest BCUT2D eigenvalue weighted by Gasteiger charge is -2.13. The van der Waals surface area contributed by atoms with Crippen molar-refractivity contribution in [3.63, 3.8) is 0 Å². The second-order valence-corrected chi connectivity index (χ2v) is 5.72. The van der Waals surface area contributed by atoms with E-state index in [1.54, 1.807) is 0 Å². The average Bonchev–Trinajstić information content (AvgIpc) is 2.45. The molecule has 0 bridgehead atoms. The first-order valence-corrected chi connectivity index (χ1v) is 8.83. The van der Waals surface area contributed by atoms with Gasteiger partial charge in [0.05, 0.1) is 6.10 Å². The number of hydrogen-bond acceptors (Lipinski definition) is 2. The molecule has 0 rings (SSSR count). The molecule has 0 heterocycles. The summed E-state index contributed by atoms with van der Waals surface area (Å²) in [5, 5.41) is 0. The maximum absolute atomic E-state index is 5.70. The van der Waals surface area contributed by atoms with E-state index in [2.05, 4.69) is 20.8 Å². The van der Waals surface area contributed by atoms with Crippen LogP contribution in [0.1, 0.15) is 84.5 Å². The molecule has 0 aromatic heterocycles. The maximum atomic E-state index is 5.70. The van der Waals surface area contributed by atoms with Crippen molar-refractivity contribution < 1.29 is 9.47 Å². The Hall–Kier alpha value is -0.0800. The third-order valence-electron chi connectivity index (χ3n) is 3.58. The number of rotatable bonds is 16. The third-order valence-corrected chi connectivity index (χ3v) is 3.58. The normalized spacial score (nSPS) is 12.8. The molecule has 0 saturated carbocycles. The Balaban J connectivity index is 3.11. The van der Waals surface area contributed by atoms with E-state index < -0.39 is 0 Å². The van der Waals surface area contributed by atoms with Crippen molar-refractivity contribution >= 4 is 0 Å². The SMILES string of the molecule is [CH2]C(CCOCCCCCC)OCCCCCCCC. The Kier molecular flexibility index (Phi) is 16.9. The summed E-state index contributed by atoms with van der Waals surface area (Å²) in [5.74, 6) is 0. The van der Waals surface area contributed by atoms with Crippen molar-refractivity contribution in [3.05, 3.63) is 6.92 Å². The quantitative estimate of drug-likeness (QED) is 0.346. The second kappa shape index (κ2) is 17.0. The summed E-state index contributed by atoms with van der Waals surface area (Å²) >= 11 is 0. The van der Waals surface area contributed by atoms with Crippen LogP contribution in [0.5, 0.6) is 0 Å². The molecular weight excluding hydrogens is 248 g/mol. The zero-order valence-corrected chi connectivity index (χ0v) is 14.0. The molecule has 0 aromatic rings. The highest BCUT2D eigenvalue weighted by Gasteiger charge is 2.02. The van der Waals surface area contributed by atoms with Crippen LogP contribution in [-0.2, 0) is 9.47 Å². The molecule has 0 aliphatic carbocycles. The van der Waals surface area contributed by atoms with E-state index in [-0.39, 0.29) is 6.10 Å². The summed E-state index contributed by atoms with van der Waals surface area (Å²) in [5.41, 5.74) is 0. The van der Waals surface area contributed by atoms with E-state index in [9.17, 15) is 0 Å². The molecule has 0 amide bonds. The van der Waals surface area contributed by atoms with Gasteiger partial charge in [-0.3, -0.25) is 0 Å². The molecule has 0 aliphatic rings. The van der Waals surface area contributed by atoms with Gasteiger partial charge in [0, 0.05) is 19.8 Å². The van der Waals surface area contributed by atoms with Crippen molar-refractivity contribution in [2.24, 2.45) is 0 Å². The highest BCUT2D eigenvalue weighted by molar-refractivity contribution is 4.59. The molecule has 0 aliphatic heterocycles.